The molecular formula is C38H70O4. The molecule has 0 aromatic carbocycles. The number of ether oxygens (including phenoxy) is 1. The van der Waals surface area contributed by atoms with Gasteiger partial charge in [-0.05, 0) is 70.6 Å². The predicted octanol–water partition coefficient (Wildman–Crippen LogP) is 12.4. The molecule has 246 valence electrons. The zero-order chi connectivity index (χ0) is 30.8. The molecule has 0 saturated carbocycles. The van der Waals surface area contributed by atoms with E-state index in [0.717, 1.165) is 77.0 Å². The van der Waals surface area contributed by atoms with Crippen LogP contribution in [0.25, 0.3) is 0 Å². The zero-order valence-electron chi connectivity index (χ0n) is 28.1. The standard InChI is InChI=1S/C38H70O4/c1-3-5-7-9-10-11-12-13-14-15-16-17-18-19-20-21-22-27-31-35-38(41)42-36(32-28-8-6-4-2)33-29-25-23-24-26-30-34-37(39)40/h10-11,13-14,36H,3-9,12,15-35H2,1-2H3,(H,39,40)/b11-10-,14-13-. The van der Waals surface area contributed by atoms with Gasteiger partial charge in [-0.2, -0.15) is 0 Å². The lowest BCUT2D eigenvalue weighted by Crippen LogP contribution is -2.18. The summed E-state index contributed by atoms with van der Waals surface area (Å²) >= 11 is 0. The molecule has 0 aliphatic rings. The van der Waals surface area contributed by atoms with E-state index in [-0.39, 0.29) is 18.5 Å². The third-order valence-corrected chi connectivity index (χ3v) is 8.18. The highest BCUT2D eigenvalue weighted by molar-refractivity contribution is 5.69. The molecule has 0 aliphatic heterocycles. The second-order valence-electron chi connectivity index (χ2n) is 12.4. The molecule has 0 saturated heterocycles. The van der Waals surface area contributed by atoms with Gasteiger partial charge in [-0.3, -0.25) is 9.59 Å². The zero-order valence-corrected chi connectivity index (χ0v) is 28.1. The number of carbonyl (C=O) groups excluding carboxylic acids is 1. The molecule has 0 fully saturated rings. The van der Waals surface area contributed by atoms with E-state index in [9.17, 15) is 9.59 Å². The van der Waals surface area contributed by atoms with Gasteiger partial charge in [0.2, 0.25) is 0 Å². The van der Waals surface area contributed by atoms with Gasteiger partial charge in [0, 0.05) is 12.8 Å². The quantitative estimate of drug-likeness (QED) is 0.0469. The molecule has 0 radical (unpaired) electrons. The van der Waals surface area contributed by atoms with Crippen LogP contribution in [0, 0.1) is 0 Å². The number of aliphatic carboxylic acids is 1. The number of carbonyl (C=O) groups is 2. The lowest BCUT2D eigenvalue weighted by molar-refractivity contribution is -0.150. The van der Waals surface area contributed by atoms with Crippen LogP contribution in [0.5, 0.6) is 0 Å². The molecule has 0 bridgehead atoms. The Hall–Kier alpha value is -1.58. The summed E-state index contributed by atoms with van der Waals surface area (Å²) in [6.45, 7) is 4.48. The minimum atomic E-state index is -0.695. The van der Waals surface area contributed by atoms with E-state index < -0.39 is 5.97 Å². The monoisotopic (exact) mass is 591 g/mol. The van der Waals surface area contributed by atoms with Gasteiger partial charge in [0.1, 0.15) is 6.10 Å². The summed E-state index contributed by atoms with van der Waals surface area (Å²) in [6.07, 6.45) is 42.1. The van der Waals surface area contributed by atoms with Crippen molar-refractivity contribution in [2.24, 2.45) is 0 Å². The maximum atomic E-state index is 12.5. The summed E-state index contributed by atoms with van der Waals surface area (Å²) in [5.41, 5.74) is 0. The Bertz CT molecular complexity index is 639. The second-order valence-corrected chi connectivity index (χ2v) is 12.4. The number of hydrogen-bond donors (Lipinski definition) is 1. The van der Waals surface area contributed by atoms with Crippen molar-refractivity contribution in [3.63, 3.8) is 0 Å². The fourth-order valence-corrected chi connectivity index (χ4v) is 5.45. The van der Waals surface area contributed by atoms with Gasteiger partial charge < -0.3 is 9.84 Å². The van der Waals surface area contributed by atoms with Crippen LogP contribution >= 0.6 is 0 Å². The minimum Gasteiger partial charge on any atom is -0.481 e. The number of carboxylic acid groups (broad SMARTS) is 1. The highest BCUT2D eigenvalue weighted by Crippen LogP contribution is 2.18. The van der Waals surface area contributed by atoms with Gasteiger partial charge in [-0.1, -0.05) is 141 Å². The second kappa shape index (κ2) is 33.9. The van der Waals surface area contributed by atoms with Crippen molar-refractivity contribution < 1.29 is 19.4 Å². The molecule has 0 heterocycles. The van der Waals surface area contributed by atoms with Crippen molar-refractivity contribution in [2.75, 3.05) is 0 Å². The Balaban J connectivity index is 3.75. The summed E-state index contributed by atoms with van der Waals surface area (Å²) < 4.78 is 5.93. The Labute approximate surface area is 261 Å². The fourth-order valence-electron chi connectivity index (χ4n) is 5.45. The smallest absolute Gasteiger partial charge is 0.306 e. The maximum Gasteiger partial charge on any atom is 0.306 e. The van der Waals surface area contributed by atoms with Crippen LogP contribution < -0.4 is 0 Å². The lowest BCUT2D eigenvalue weighted by Gasteiger charge is -2.18. The summed E-state index contributed by atoms with van der Waals surface area (Å²) in [4.78, 5) is 23.1. The summed E-state index contributed by atoms with van der Waals surface area (Å²) in [5, 5.41) is 8.73. The van der Waals surface area contributed by atoms with Crippen molar-refractivity contribution in [3.8, 4) is 0 Å². The highest BCUT2D eigenvalue weighted by Gasteiger charge is 2.14. The third-order valence-electron chi connectivity index (χ3n) is 8.18. The number of allylic oxidation sites excluding steroid dienone is 4. The molecule has 4 nitrogen and oxygen atoms in total. The normalized spacial score (nSPS) is 12.4. The average molecular weight is 591 g/mol. The van der Waals surface area contributed by atoms with E-state index in [1.807, 2.05) is 0 Å². The van der Waals surface area contributed by atoms with Crippen LogP contribution in [-0.4, -0.2) is 23.1 Å². The number of hydrogen-bond acceptors (Lipinski definition) is 3. The van der Waals surface area contributed by atoms with Gasteiger partial charge >= 0.3 is 11.9 Å². The summed E-state index contributed by atoms with van der Waals surface area (Å²) in [6, 6.07) is 0. The molecule has 0 aromatic rings. The van der Waals surface area contributed by atoms with Crippen LogP contribution in [0.3, 0.4) is 0 Å². The average Bonchev–Trinajstić information content (AvgIpc) is 2.97. The van der Waals surface area contributed by atoms with E-state index in [0.29, 0.717) is 6.42 Å². The molecule has 0 aliphatic carbocycles. The molecule has 1 unspecified atom stereocenters. The first kappa shape index (κ1) is 40.4. The van der Waals surface area contributed by atoms with Crippen LogP contribution in [0.4, 0.5) is 0 Å². The summed E-state index contributed by atoms with van der Waals surface area (Å²) in [5.74, 6) is -0.694. The fraction of sp³-hybridized carbons (Fsp3) is 0.842. The molecule has 1 atom stereocenters. The van der Waals surface area contributed by atoms with Crippen molar-refractivity contribution in [3.05, 3.63) is 24.3 Å². The first-order valence-corrected chi connectivity index (χ1v) is 18.3. The van der Waals surface area contributed by atoms with E-state index in [1.165, 1.54) is 96.3 Å². The Morgan fingerprint density at radius 2 is 0.929 bits per heavy atom. The molecule has 0 aromatic heterocycles. The first-order valence-electron chi connectivity index (χ1n) is 18.3. The van der Waals surface area contributed by atoms with Gasteiger partial charge in [0.05, 0.1) is 0 Å². The number of esters is 1. The van der Waals surface area contributed by atoms with Crippen LogP contribution in [0.1, 0.15) is 200 Å². The first-order chi connectivity index (χ1) is 20.6. The topological polar surface area (TPSA) is 63.6 Å². The molecular weight excluding hydrogens is 520 g/mol. The van der Waals surface area contributed by atoms with Crippen LogP contribution in [-0.2, 0) is 14.3 Å². The molecule has 4 heteroatoms. The predicted molar refractivity (Wildman–Crippen MR) is 181 cm³/mol. The van der Waals surface area contributed by atoms with E-state index >= 15 is 0 Å². The van der Waals surface area contributed by atoms with Gasteiger partial charge in [-0.25, -0.2) is 0 Å². The number of carboxylic acids is 1. The van der Waals surface area contributed by atoms with Gasteiger partial charge in [0.25, 0.3) is 0 Å². The molecule has 0 spiro atoms. The van der Waals surface area contributed by atoms with Gasteiger partial charge in [0.15, 0.2) is 0 Å². The maximum absolute atomic E-state index is 12.5. The van der Waals surface area contributed by atoms with Crippen molar-refractivity contribution >= 4 is 11.9 Å². The SMILES string of the molecule is CCCCC/C=C\C/C=C\CCCCCCCCCCCC(=O)OC(CCCCCC)CCCCCCCCC(=O)O. The minimum absolute atomic E-state index is 0.00112. The van der Waals surface area contributed by atoms with Crippen molar-refractivity contribution in [1.29, 1.82) is 0 Å². The Morgan fingerprint density at radius 3 is 1.45 bits per heavy atom. The third kappa shape index (κ3) is 32.9. The Morgan fingerprint density at radius 1 is 0.524 bits per heavy atom. The molecule has 0 rings (SSSR count). The lowest BCUT2D eigenvalue weighted by atomic mass is 10.0. The van der Waals surface area contributed by atoms with Crippen molar-refractivity contribution in [1.82, 2.24) is 0 Å². The molecule has 42 heavy (non-hydrogen) atoms. The van der Waals surface area contributed by atoms with E-state index in [2.05, 4.69) is 38.2 Å². The Kier molecular flexibility index (Phi) is 32.6. The molecule has 1 N–H and O–H groups in total. The highest BCUT2D eigenvalue weighted by atomic mass is 16.5. The summed E-state index contributed by atoms with van der Waals surface area (Å²) in [7, 11) is 0. The molecule has 0 amide bonds. The van der Waals surface area contributed by atoms with E-state index in [4.69, 9.17) is 9.84 Å². The number of unbranched alkanes of at least 4 members (excludes halogenated alkanes) is 20. The largest absolute Gasteiger partial charge is 0.481 e. The van der Waals surface area contributed by atoms with Crippen LogP contribution in [0.2, 0.25) is 0 Å². The van der Waals surface area contributed by atoms with E-state index in [1.54, 1.807) is 0 Å². The van der Waals surface area contributed by atoms with Crippen LogP contribution in [0.15, 0.2) is 24.3 Å². The number of rotatable bonds is 33. The van der Waals surface area contributed by atoms with Crippen molar-refractivity contribution in [2.45, 2.75) is 206 Å². The van der Waals surface area contributed by atoms with Gasteiger partial charge in [-0.15, -0.1) is 0 Å².